The van der Waals surface area contributed by atoms with E-state index in [1.807, 2.05) is 12.1 Å². The summed E-state index contributed by atoms with van der Waals surface area (Å²) in [5.74, 6) is -1.01. The molecule has 0 unspecified atom stereocenters. The Hall–Kier alpha value is -1.74. The fourth-order valence-corrected chi connectivity index (χ4v) is 2.50. The zero-order chi connectivity index (χ0) is 12.5. The van der Waals surface area contributed by atoms with Crippen LogP contribution in [0.3, 0.4) is 0 Å². The molecule has 3 rings (SSSR count). The quantitative estimate of drug-likeness (QED) is 0.813. The highest BCUT2D eigenvalue weighted by atomic mass is 19.1. The molecule has 1 N–H and O–H groups in total. The van der Waals surface area contributed by atoms with E-state index in [0.717, 1.165) is 18.5 Å². The minimum Gasteiger partial charge on any atom is -0.312 e. The fourth-order valence-electron chi connectivity index (χ4n) is 2.50. The first kappa shape index (κ1) is 11.4. The number of nitrogens with one attached hydrogen (secondary N) is 1. The summed E-state index contributed by atoms with van der Waals surface area (Å²) in [5.41, 5.74) is 2.93. The van der Waals surface area contributed by atoms with Gasteiger partial charge >= 0.3 is 0 Å². The van der Waals surface area contributed by atoms with Gasteiger partial charge in [0.2, 0.25) is 0 Å². The molecule has 0 amide bonds. The van der Waals surface area contributed by atoms with E-state index in [2.05, 4.69) is 5.32 Å². The van der Waals surface area contributed by atoms with Crippen molar-refractivity contribution in [3.05, 3.63) is 59.2 Å². The summed E-state index contributed by atoms with van der Waals surface area (Å²) in [4.78, 5) is 0. The van der Waals surface area contributed by atoms with Crippen LogP contribution in [-0.4, -0.2) is 6.54 Å². The first-order chi connectivity index (χ1) is 8.77. The van der Waals surface area contributed by atoms with Crippen molar-refractivity contribution >= 4 is 0 Å². The minimum absolute atomic E-state index is 0.0815. The lowest BCUT2D eigenvalue weighted by Crippen LogP contribution is -2.24. The molecular weight excluding hydrogens is 232 g/mol. The molecule has 1 heterocycles. The number of rotatable bonds is 1. The molecule has 0 aliphatic carbocycles. The first-order valence-electron chi connectivity index (χ1n) is 6.03. The zero-order valence-corrected chi connectivity index (χ0v) is 9.84. The highest BCUT2D eigenvalue weighted by Gasteiger charge is 2.18. The second-order valence-corrected chi connectivity index (χ2v) is 4.47. The zero-order valence-electron chi connectivity index (χ0n) is 9.84. The molecular formula is C15H13F2N. The van der Waals surface area contributed by atoms with Gasteiger partial charge in [-0.05, 0) is 41.8 Å². The topological polar surface area (TPSA) is 12.0 Å². The molecule has 0 spiro atoms. The fraction of sp³-hybridized carbons (Fsp3) is 0.200. The average molecular weight is 245 g/mol. The van der Waals surface area contributed by atoms with Gasteiger partial charge in [0.15, 0.2) is 0 Å². The molecule has 0 bridgehead atoms. The van der Waals surface area contributed by atoms with Crippen molar-refractivity contribution in [2.75, 3.05) is 6.54 Å². The molecule has 1 nitrogen and oxygen atoms in total. The number of benzene rings is 2. The van der Waals surface area contributed by atoms with Gasteiger partial charge in [-0.3, -0.25) is 0 Å². The van der Waals surface area contributed by atoms with E-state index in [-0.39, 0.29) is 5.56 Å². The molecule has 0 saturated carbocycles. The van der Waals surface area contributed by atoms with Crippen molar-refractivity contribution < 1.29 is 8.78 Å². The SMILES string of the molecule is Fc1cccc(F)c1-c1cccc2c1CNCC2. The van der Waals surface area contributed by atoms with Gasteiger partial charge in [0.25, 0.3) is 0 Å². The van der Waals surface area contributed by atoms with Gasteiger partial charge < -0.3 is 5.32 Å². The van der Waals surface area contributed by atoms with Gasteiger partial charge in [0.05, 0.1) is 5.56 Å². The van der Waals surface area contributed by atoms with Crippen molar-refractivity contribution in [1.29, 1.82) is 0 Å². The van der Waals surface area contributed by atoms with Crippen LogP contribution in [0.25, 0.3) is 11.1 Å². The van der Waals surface area contributed by atoms with Crippen LogP contribution >= 0.6 is 0 Å². The predicted octanol–water partition coefficient (Wildman–Crippen LogP) is 3.28. The number of fused-ring (bicyclic) bond motifs is 1. The van der Waals surface area contributed by atoms with Crippen LogP contribution in [0.4, 0.5) is 8.78 Å². The van der Waals surface area contributed by atoms with E-state index >= 15 is 0 Å². The first-order valence-corrected chi connectivity index (χ1v) is 6.03. The molecule has 0 atom stereocenters. The molecule has 3 heteroatoms. The molecule has 0 aromatic heterocycles. The second kappa shape index (κ2) is 4.50. The summed E-state index contributed by atoms with van der Waals surface area (Å²) in [6.07, 6.45) is 0.902. The standard InChI is InChI=1S/C15H13F2N/c16-13-5-2-6-14(17)15(13)11-4-1-3-10-7-8-18-9-12(10)11/h1-6,18H,7-9H2. The Balaban J connectivity index is 2.23. The van der Waals surface area contributed by atoms with Gasteiger partial charge in [-0.25, -0.2) is 8.78 Å². The Bertz CT molecular complexity index is 573. The summed E-state index contributed by atoms with van der Waals surface area (Å²) in [7, 11) is 0. The third-order valence-corrected chi connectivity index (χ3v) is 3.38. The van der Waals surface area contributed by atoms with E-state index in [1.165, 1.54) is 23.8 Å². The summed E-state index contributed by atoms with van der Waals surface area (Å²) in [6, 6.07) is 9.67. The Labute approximate surface area is 104 Å². The average Bonchev–Trinajstić information content (AvgIpc) is 2.39. The van der Waals surface area contributed by atoms with E-state index in [1.54, 1.807) is 6.07 Å². The summed E-state index contributed by atoms with van der Waals surface area (Å²) < 4.78 is 27.7. The lowest BCUT2D eigenvalue weighted by atomic mass is 9.91. The molecule has 0 radical (unpaired) electrons. The lowest BCUT2D eigenvalue weighted by Gasteiger charge is -2.21. The van der Waals surface area contributed by atoms with Crippen LogP contribution in [0.5, 0.6) is 0 Å². The lowest BCUT2D eigenvalue weighted by molar-refractivity contribution is 0.587. The van der Waals surface area contributed by atoms with Crippen LogP contribution in [-0.2, 0) is 13.0 Å². The molecule has 1 aliphatic rings. The molecule has 2 aromatic carbocycles. The Morgan fingerprint density at radius 2 is 1.67 bits per heavy atom. The van der Waals surface area contributed by atoms with E-state index in [4.69, 9.17) is 0 Å². The largest absolute Gasteiger partial charge is 0.312 e. The van der Waals surface area contributed by atoms with Crippen LogP contribution < -0.4 is 5.32 Å². The van der Waals surface area contributed by atoms with Gasteiger partial charge in [0.1, 0.15) is 11.6 Å². The van der Waals surface area contributed by atoms with Crippen molar-refractivity contribution in [1.82, 2.24) is 5.32 Å². The monoisotopic (exact) mass is 245 g/mol. The predicted molar refractivity (Wildman–Crippen MR) is 67.2 cm³/mol. The molecule has 0 fully saturated rings. The van der Waals surface area contributed by atoms with E-state index < -0.39 is 11.6 Å². The molecule has 92 valence electrons. The normalized spacial score (nSPS) is 14.3. The van der Waals surface area contributed by atoms with Gasteiger partial charge in [-0.1, -0.05) is 24.3 Å². The summed E-state index contributed by atoms with van der Waals surface area (Å²) in [5, 5.41) is 3.25. The van der Waals surface area contributed by atoms with Gasteiger partial charge in [-0.15, -0.1) is 0 Å². The highest BCUT2D eigenvalue weighted by molar-refractivity contribution is 5.70. The van der Waals surface area contributed by atoms with Crippen molar-refractivity contribution in [3.8, 4) is 11.1 Å². The van der Waals surface area contributed by atoms with Crippen molar-refractivity contribution in [2.45, 2.75) is 13.0 Å². The van der Waals surface area contributed by atoms with Crippen molar-refractivity contribution in [2.24, 2.45) is 0 Å². The number of hydrogen-bond acceptors (Lipinski definition) is 1. The number of halogens is 2. The maximum Gasteiger partial charge on any atom is 0.133 e. The summed E-state index contributed by atoms with van der Waals surface area (Å²) in [6.45, 7) is 1.58. The Kier molecular flexibility index (Phi) is 2.84. The van der Waals surface area contributed by atoms with Gasteiger partial charge in [-0.2, -0.15) is 0 Å². The Morgan fingerprint density at radius 3 is 2.44 bits per heavy atom. The number of hydrogen-bond donors (Lipinski definition) is 1. The molecule has 0 saturated heterocycles. The smallest absolute Gasteiger partial charge is 0.133 e. The molecule has 1 aliphatic heterocycles. The van der Waals surface area contributed by atoms with Crippen molar-refractivity contribution in [3.63, 3.8) is 0 Å². The van der Waals surface area contributed by atoms with Gasteiger partial charge in [0, 0.05) is 6.54 Å². The van der Waals surface area contributed by atoms with E-state index in [9.17, 15) is 8.78 Å². The molecule has 2 aromatic rings. The van der Waals surface area contributed by atoms with Crippen LogP contribution in [0.1, 0.15) is 11.1 Å². The summed E-state index contributed by atoms with van der Waals surface area (Å²) >= 11 is 0. The van der Waals surface area contributed by atoms with Crippen LogP contribution in [0, 0.1) is 11.6 Å². The third-order valence-electron chi connectivity index (χ3n) is 3.38. The maximum atomic E-state index is 13.8. The van der Waals surface area contributed by atoms with Crippen LogP contribution in [0.2, 0.25) is 0 Å². The maximum absolute atomic E-state index is 13.8. The Morgan fingerprint density at radius 1 is 0.944 bits per heavy atom. The third kappa shape index (κ3) is 1.81. The molecule has 18 heavy (non-hydrogen) atoms. The second-order valence-electron chi connectivity index (χ2n) is 4.47. The highest BCUT2D eigenvalue weighted by Crippen LogP contribution is 2.31. The van der Waals surface area contributed by atoms with E-state index in [0.29, 0.717) is 12.1 Å². The minimum atomic E-state index is -0.506. The van der Waals surface area contributed by atoms with Crippen LogP contribution in [0.15, 0.2) is 36.4 Å².